The number of benzene rings is 4. The molecule has 0 saturated carbocycles. The minimum Gasteiger partial charge on any atom is -0.456 e. The van der Waals surface area contributed by atoms with Gasteiger partial charge >= 0.3 is 0 Å². The van der Waals surface area contributed by atoms with Gasteiger partial charge in [-0.25, -0.2) is 4.98 Å². The molecule has 0 amide bonds. The van der Waals surface area contributed by atoms with Gasteiger partial charge in [-0.2, -0.15) is 0 Å². The number of allylic oxidation sites excluding steroid dienone is 1. The van der Waals surface area contributed by atoms with E-state index in [1.54, 1.807) is 0 Å². The third-order valence-electron chi connectivity index (χ3n) is 7.75. The lowest BCUT2D eigenvalue weighted by Gasteiger charge is -2.18. The number of hydrogen-bond donors (Lipinski definition) is 0. The molecule has 8 rings (SSSR count). The molecule has 0 saturated heterocycles. The summed E-state index contributed by atoms with van der Waals surface area (Å²) in [5.74, 6) is 0.965. The molecule has 0 unspecified atom stereocenters. The molecule has 3 heterocycles. The Hall–Kier alpha value is -4.89. The summed E-state index contributed by atoms with van der Waals surface area (Å²) in [5.41, 5.74) is 10.4. The van der Waals surface area contributed by atoms with Gasteiger partial charge in [0.05, 0.1) is 11.2 Å². The number of nitrogens with zero attached hydrogens (tertiary/aromatic N) is 2. The highest BCUT2D eigenvalue weighted by Crippen LogP contribution is 2.39. The summed E-state index contributed by atoms with van der Waals surface area (Å²) >= 11 is 0. The smallest absolute Gasteiger partial charge is 0.138 e. The number of para-hydroxylation sites is 2. The highest BCUT2D eigenvalue weighted by Gasteiger charge is 2.22. The summed E-state index contributed by atoms with van der Waals surface area (Å²) in [6.07, 6.45) is 4.32. The molecular weight excluding hydrogens is 464 g/mol. The molecule has 38 heavy (non-hydrogen) atoms. The largest absolute Gasteiger partial charge is 0.456 e. The quantitative estimate of drug-likeness (QED) is 0.248. The molecule has 1 aliphatic rings. The zero-order valence-corrected chi connectivity index (χ0v) is 20.8. The van der Waals surface area contributed by atoms with Crippen LogP contribution in [0.25, 0.3) is 61.6 Å². The topological polar surface area (TPSA) is 31.0 Å². The van der Waals surface area contributed by atoms with Crippen molar-refractivity contribution in [1.29, 1.82) is 0 Å². The van der Waals surface area contributed by atoms with Crippen molar-refractivity contribution in [2.24, 2.45) is 0 Å². The van der Waals surface area contributed by atoms with E-state index in [4.69, 9.17) is 9.40 Å². The standard InChI is InChI=1S/C35H24N2O/c1-2-9-23(10-3-1)30-13-8-16-35(36-30)37-31-14-6-4-11-26(31)28-21-24(17-19-32(28)37)25-18-20-34-29(22-25)27-12-5-7-15-33(27)38-34/h1-16,18,20-22H,17,19H2. The van der Waals surface area contributed by atoms with E-state index >= 15 is 0 Å². The molecule has 0 atom stereocenters. The van der Waals surface area contributed by atoms with Gasteiger partial charge in [-0.05, 0) is 66.5 Å². The molecule has 0 fully saturated rings. The van der Waals surface area contributed by atoms with E-state index in [0.717, 1.165) is 41.1 Å². The van der Waals surface area contributed by atoms with Crippen molar-refractivity contribution < 1.29 is 4.42 Å². The van der Waals surface area contributed by atoms with Crippen LogP contribution in [0.4, 0.5) is 0 Å². The minimum absolute atomic E-state index is 0.938. The molecule has 0 radical (unpaired) electrons. The van der Waals surface area contributed by atoms with E-state index in [0.29, 0.717) is 0 Å². The molecule has 180 valence electrons. The maximum Gasteiger partial charge on any atom is 0.138 e. The first-order valence-electron chi connectivity index (χ1n) is 13.1. The number of pyridine rings is 1. The van der Waals surface area contributed by atoms with Crippen LogP contribution in [0.15, 0.2) is 120 Å². The first-order valence-corrected chi connectivity index (χ1v) is 13.1. The van der Waals surface area contributed by atoms with Crippen molar-refractivity contribution in [3.05, 3.63) is 132 Å². The highest BCUT2D eigenvalue weighted by atomic mass is 16.3. The Balaban J connectivity index is 1.29. The molecule has 4 aromatic carbocycles. The van der Waals surface area contributed by atoms with Crippen LogP contribution < -0.4 is 0 Å². The SMILES string of the molecule is C1=C(c2ccc3oc4ccccc4c3c2)CCc2c1c1ccccc1n2-c1cccc(-c2ccccc2)n1. The molecule has 3 nitrogen and oxygen atoms in total. The second kappa shape index (κ2) is 8.32. The van der Waals surface area contributed by atoms with Gasteiger partial charge in [-0.15, -0.1) is 0 Å². The van der Waals surface area contributed by atoms with E-state index in [-0.39, 0.29) is 0 Å². The normalized spacial score (nSPS) is 13.2. The van der Waals surface area contributed by atoms with Gasteiger partial charge in [0, 0.05) is 33.0 Å². The fourth-order valence-corrected chi connectivity index (χ4v) is 5.96. The Morgan fingerprint density at radius 3 is 2.32 bits per heavy atom. The molecule has 1 aliphatic carbocycles. The van der Waals surface area contributed by atoms with Gasteiger partial charge in [0.2, 0.25) is 0 Å². The molecule has 0 N–H and O–H groups in total. The van der Waals surface area contributed by atoms with Gasteiger partial charge in [0.15, 0.2) is 0 Å². The Morgan fingerprint density at radius 2 is 1.39 bits per heavy atom. The van der Waals surface area contributed by atoms with Crippen molar-refractivity contribution in [2.75, 3.05) is 0 Å². The molecule has 3 aromatic heterocycles. The minimum atomic E-state index is 0.938. The fraction of sp³-hybridized carbons (Fsp3) is 0.0571. The summed E-state index contributed by atoms with van der Waals surface area (Å²) in [7, 11) is 0. The number of fused-ring (bicyclic) bond motifs is 6. The van der Waals surface area contributed by atoms with Gasteiger partial charge in [-0.3, -0.25) is 4.57 Å². The van der Waals surface area contributed by atoms with Crippen LogP contribution in [-0.4, -0.2) is 9.55 Å². The molecule has 0 spiro atoms. The molecular formula is C35H24N2O. The second-order valence-electron chi connectivity index (χ2n) is 9.94. The summed E-state index contributed by atoms with van der Waals surface area (Å²) in [4.78, 5) is 5.11. The van der Waals surface area contributed by atoms with Crippen LogP contribution >= 0.6 is 0 Å². The Labute approximate surface area is 220 Å². The van der Waals surface area contributed by atoms with Crippen LogP contribution in [-0.2, 0) is 6.42 Å². The van der Waals surface area contributed by atoms with Crippen molar-refractivity contribution >= 4 is 44.5 Å². The molecule has 7 aromatic rings. The molecule has 0 bridgehead atoms. The van der Waals surface area contributed by atoms with Crippen LogP contribution in [0.5, 0.6) is 0 Å². The van der Waals surface area contributed by atoms with Crippen LogP contribution in [0.3, 0.4) is 0 Å². The summed E-state index contributed by atoms with van der Waals surface area (Å²) in [6.45, 7) is 0. The predicted molar refractivity (Wildman–Crippen MR) is 156 cm³/mol. The lowest BCUT2D eigenvalue weighted by molar-refractivity contribution is 0.669. The van der Waals surface area contributed by atoms with E-state index < -0.39 is 0 Å². The molecule has 0 aliphatic heterocycles. The van der Waals surface area contributed by atoms with Crippen LogP contribution in [0.2, 0.25) is 0 Å². The average Bonchev–Trinajstić information content (AvgIpc) is 3.53. The van der Waals surface area contributed by atoms with Gasteiger partial charge in [0.1, 0.15) is 17.0 Å². The Bertz CT molecular complexity index is 2020. The summed E-state index contributed by atoms with van der Waals surface area (Å²) in [6, 6.07) is 40.3. The fourth-order valence-electron chi connectivity index (χ4n) is 5.96. The predicted octanol–water partition coefficient (Wildman–Crippen LogP) is 9.08. The summed E-state index contributed by atoms with van der Waals surface area (Å²) < 4.78 is 8.43. The first kappa shape index (κ1) is 21.2. The van der Waals surface area contributed by atoms with Gasteiger partial charge in [-0.1, -0.05) is 78.9 Å². The highest BCUT2D eigenvalue weighted by molar-refractivity contribution is 6.07. The Morgan fingerprint density at radius 1 is 0.605 bits per heavy atom. The van der Waals surface area contributed by atoms with Crippen LogP contribution in [0.1, 0.15) is 23.2 Å². The second-order valence-corrected chi connectivity index (χ2v) is 9.94. The number of hydrogen-bond acceptors (Lipinski definition) is 2. The monoisotopic (exact) mass is 488 g/mol. The van der Waals surface area contributed by atoms with Crippen molar-refractivity contribution in [3.8, 4) is 17.1 Å². The van der Waals surface area contributed by atoms with Gasteiger partial charge in [0.25, 0.3) is 0 Å². The third-order valence-corrected chi connectivity index (χ3v) is 7.75. The zero-order valence-electron chi connectivity index (χ0n) is 20.8. The van der Waals surface area contributed by atoms with Gasteiger partial charge < -0.3 is 4.42 Å². The van der Waals surface area contributed by atoms with E-state index in [9.17, 15) is 0 Å². The van der Waals surface area contributed by atoms with E-state index in [2.05, 4.69) is 108 Å². The van der Waals surface area contributed by atoms with Crippen molar-refractivity contribution in [1.82, 2.24) is 9.55 Å². The van der Waals surface area contributed by atoms with E-state index in [1.165, 1.54) is 44.1 Å². The lowest BCUT2D eigenvalue weighted by Crippen LogP contribution is -2.07. The number of aromatic nitrogens is 2. The van der Waals surface area contributed by atoms with Crippen molar-refractivity contribution in [3.63, 3.8) is 0 Å². The lowest BCUT2D eigenvalue weighted by atomic mass is 9.90. The molecule has 3 heteroatoms. The third kappa shape index (κ3) is 3.25. The zero-order chi connectivity index (χ0) is 25.1. The first-order chi connectivity index (χ1) is 18.8. The number of rotatable bonds is 3. The summed E-state index contributed by atoms with van der Waals surface area (Å²) in [5, 5.41) is 3.61. The Kier molecular flexibility index (Phi) is 4.65. The van der Waals surface area contributed by atoms with Crippen molar-refractivity contribution in [2.45, 2.75) is 12.8 Å². The van der Waals surface area contributed by atoms with E-state index in [1.807, 2.05) is 18.2 Å². The average molecular weight is 489 g/mol. The number of furan rings is 1. The maximum atomic E-state index is 6.07. The van der Waals surface area contributed by atoms with Crippen LogP contribution in [0, 0.1) is 0 Å². The maximum absolute atomic E-state index is 6.07.